The molecule has 0 spiro atoms. The molecule has 2 atom stereocenters. The van der Waals surface area contributed by atoms with E-state index in [2.05, 4.69) is 20.9 Å². The zero-order valence-electron chi connectivity index (χ0n) is 10.2. The maximum absolute atomic E-state index is 2.50. The van der Waals surface area contributed by atoms with E-state index in [1.54, 1.807) is 0 Å². The number of hydrogen-bond donors (Lipinski definition) is 0. The number of rotatable bonds is 0. The summed E-state index contributed by atoms with van der Waals surface area (Å²) < 4.78 is 1.35. The molecule has 3 heterocycles. The fraction of sp³-hybridized carbons (Fsp3) is 1.00. The molecular weight excluding hydrogens is 170 g/mol. The molecular formula is C13H26N+. The molecule has 0 aromatic rings. The van der Waals surface area contributed by atoms with Crippen LogP contribution in [0.5, 0.6) is 0 Å². The number of piperidine rings is 1. The van der Waals surface area contributed by atoms with Crippen LogP contribution in [0.1, 0.15) is 46.0 Å². The Hall–Kier alpha value is -0.0400. The standard InChI is InChI=1S/C13H26N/c1-13(2)11-14(3)9-6-4-5-7-12(13)8-10-14/h12H,4-11H2,1-3H3/q+1. The third-order valence-electron chi connectivity index (χ3n) is 4.66. The summed E-state index contributed by atoms with van der Waals surface area (Å²) in [4.78, 5) is 0. The second kappa shape index (κ2) is 3.52. The third-order valence-corrected chi connectivity index (χ3v) is 4.66. The molecule has 3 rings (SSSR count). The maximum Gasteiger partial charge on any atom is 0.0839 e. The zero-order chi connectivity index (χ0) is 10.2. The molecule has 3 aliphatic rings. The molecule has 0 radical (unpaired) electrons. The lowest BCUT2D eigenvalue weighted by molar-refractivity contribution is -0.922. The highest BCUT2D eigenvalue weighted by Crippen LogP contribution is 2.41. The van der Waals surface area contributed by atoms with Crippen molar-refractivity contribution in [1.29, 1.82) is 0 Å². The van der Waals surface area contributed by atoms with Gasteiger partial charge in [-0.3, -0.25) is 0 Å². The fourth-order valence-corrected chi connectivity index (χ4v) is 3.84. The van der Waals surface area contributed by atoms with Crippen molar-refractivity contribution < 1.29 is 4.48 Å². The Morgan fingerprint density at radius 1 is 1.00 bits per heavy atom. The summed E-state index contributed by atoms with van der Waals surface area (Å²) in [5.74, 6) is 1.01. The lowest BCUT2D eigenvalue weighted by atomic mass is 9.71. The summed E-state index contributed by atoms with van der Waals surface area (Å²) in [5.41, 5.74) is 0.595. The van der Waals surface area contributed by atoms with E-state index in [9.17, 15) is 0 Å². The van der Waals surface area contributed by atoms with Crippen LogP contribution in [-0.2, 0) is 0 Å². The van der Waals surface area contributed by atoms with Gasteiger partial charge in [-0.25, -0.2) is 0 Å². The van der Waals surface area contributed by atoms with Crippen LogP contribution >= 0.6 is 0 Å². The molecule has 3 aliphatic heterocycles. The van der Waals surface area contributed by atoms with E-state index in [1.807, 2.05) is 0 Å². The molecule has 0 aromatic carbocycles. The minimum atomic E-state index is 0.595. The number of hydrogen-bond acceptors (Lipinski definition) is 0. The molecule has 0 aliphatic carbocycles. The number of nitrogens with zero attached hydrogens (tertiary/aromatic N) is 1. The van der Waals surface area contributed by atoms with Crippen LogP contribution in [0.15, 0.2) is 0 Å². The van der Waals surface area contributed by atoms with Gasteiger partial charge in [0.2, 0.25) is 0 Å². The Balaban J connectivity index is 2.18. The first-order chi connectivity index (χ1) is 6.52. The highest BCUT2D eigenvalue weighted by atomic mass is 15.3. The molecule has 0 amide bonds. The normalized spacial score (nSPS) is 42.6. The topological polar surface area (TPSA) is 0 Å². The Bertz CT molecular complexity index is 203. The Morgan fingerprint density at radius 2 is 1.79 bits per heavy atom. The third kappa shape index (κ3) is 1.98. The van der Waals surface area contributed by atoms with Gasteiger partial charge in [-0.15, -0.1) is 0 Å². The quantitative estimate of drug-likeness (QED) is 0.522. The van der Waals surface area contributed by atoms with Crippen LogP contribution < -0.4 is 0 Å². The summed E-state index contributed by atoms with van der Waals surface area (Å²) in [7, 11) is 2.48. The van der Waals surface area contributed by atoms with Crippen molar-refractivity contribution in [3.63, 3.8) is 0 Å². The monoisotopic (exact) mass is 196 g/mol. The van der Waals surface area contributed by atoms with E-state index in [4.69, 9.17) is 0 Å². The van der Waals surface area contributed by atoms with E-state index in [0.717, 1.165) is 5.92 Å². The maximum atomic E-state index is 2.50. The minimum Gasteiger partial charge on any atom is -0.326 e. The molecule has 0 N–H and O–H groups in total. The molecule has 2 bridgehead atoms. The fourth-order valence-electron chi connectivity index (χ4n) is 3.84. The van der Waals surface area contributed by atoms with Crippen molar-refractivity contribution in [3.8, 4) is 0 Å². The second-order valence-electron chi connectivity index (χ2n) is 6.55. The van der Waals surface area contributed by atoms with Crippen molar-refractivity contribution in [3.05, 3.63) is 0 Å². The molecule has 14 heavy (non-hydrogen) atoms. The highest BCUT2D eigenvalue weighted by Gasteiger charge is 2.43. The average molecular weight is 196 g/mol. The lowest BCUT2D eigenvalue weighted by Gasteiger charge is -2.48. The van der Waals surface area contributed by atoms with Crippen LogP contribution in [-0.4, -0.2) is 31.2 Å². The summed E-state index contributed by atoms with van der Waals surface area (Å²) in [6.45, 7) is 9.28. The van der Waals surface area contributed by atoms with E-state index in [1.165, 1.54) is 56.2 Å². The van der Waals surface area contributed by atoms with E-state index in [-0.39, 0.29) is 0 Å². The Kier molecular flexibility index (Phi) is 2.63. The van der Waals surface area contributed by atoms with Crippen LogP contribution in [0.25, 0.3) is 0 Å². The van der Waals surface area contributed by atoms with Gasteiger partial charge in [0.15, 0.2) is 0 Å². The largest absolute Gasteiger partial charge is 0.326 e. The van der Waals surface area contributed by atoms with Crippen LogP contribution in [0.2, 0.25) is 0 Å². The highest BCUT2D eigenvalue weighted by molar-refractivity contribution is 4.82. The van der Waals surface area contributed by atoms with Crippen molar-refractivity contribution in [1.82, 2.24) is 0 Å². The van der Waals surface area contributed by atoms with Gasteiger partial charge in [0, 0.05) is 11.8 Å². The number of quaternary nitrogens is 1. The summed E-state index contributed by atoms with van der Waals surface area (Å²) in [6.07, 6.45) is 7.38. The van der Waals surface area contributed by atoms with Crippen molar-refractivity contribution in [2.24, 2.45) is 11.3 Å². The summed E-state index contributed by atoms with van der Waals surface area (Å²) in [5, 5.41) is 0. The van der Waals surface area contributed by atoms with Crippen molar-refractivity contribution in [2.75, 3.05) is 26.7 Å². The van der Waals surface area contributed by atoms with Gasteiger partial charge in [0.05, 0.1) is 26.7 Å². The van der Waals surface area contributed by atoms with E-state index < -0.39 is 0 Å². The first-order valence-corrected chi connectivity index (χ1v) is 6.35. The molecule has 2 unspecified atom stereocenters. The molecule has 3 fully saturated rings. The van der Waals surface area contributed by atoms with Gasteiger partial charge < -0.3 is 4.48 Å². The number of fused-ring (bicyclic) bond motifs is 6. The minimum absolute atomic E-state index is 0.595. The van der Waals surface area contributed by atoms with Crippen molar-refractivity contribution in [2.45, 2.75) is 46.0 Å². The van der Waals surface area contributed by atoms with E-state index in [0.29, 0.717) is 5.41 Å². The first-order valence-electron chi connectivity index (χ1n) is 6.35. The van der Waals surface area contributed by atoms with Crippen LogP contribution in [0.4, 0.5) is 0 Å². The van der Waals surface area contributed by atoms with E-state index >= 15 is 0 Å². The van der Waals surface area contributed by atoms with Gasteiger partial charge in [0.25, 0.3) is 0 Å². The molecule has 82 valence electrons. The second-order valence-corrected chi connectivity index (χ2v) is 6.55. The molecule has 1 nitrogen and oxygen atoms in total. The smallest absolute Gasteiger partial charge is 0.0839 e. The summed E-state index contributed by atoms with van der Waals surface area (Å²) >= 11 is 0. The van der Waals surface area contributed by atoms with Crippen molar-refractivity contribution >= 4 is 0 Å². The Labute approximate surface area is 89.1 Å². The lowest BCUT2D eigenvalue weighted by Crippen LogP contribution is -2.56. The molecule has 0 aromatic heterocycles. The van der Waals surface area contributed by atoms with Gasteiger partial charge in [-0.05, 0) is 25.2 Å². The molecule has 1 heteroatoms. The predicted molar refractivity (Wildman–Crippen MR) is 61.1 cm³/mol. The average Bonchev–Trinajstić information content (AvgIpc) is 2.16. The van der Waals surface area contributed by atoms with Gasteiger partial charge in [-0.1, -0.05) is 20.3 Å². The Morgan fingerprint density at radius 3 is 2.50 bits per heavy atom. The summed E-state index contributed by atoms with van der Waals surface area (Å²) in [6, 6.07) is 0. The van der Waals surface area contributed by atoms with Gasteiger partial charge in [-0.2, -0.15) is 0 Å². The van der Waals surface area contributed by atoms with Gasteiger partial charge >= 0.3 is 0 Å². The van der Waals surface area contributed by atoms with Crippen LogP contribution in [0.3, 0.4) is 0 Å². The van der Waals surface area contributed by atoms with Crippen LogP contribution in [0, 0.1) is 11.3 Å². The first kappa shape index (κ1) is 10.5. The zero-order valence-corrected chi connectivity index (χ0v) is 10.2. The molecule has 0 saturated carbocycles. The molecule has 3 saturated heterocycles. The predicted octanol–water partition coefficient (Wildman–Crippen LogP) is 3.05. The SMILES string of the molecule is CC1(C)C[N+]2(C)CCCCCC1CC2. The van der Waals surface area contributed by atoms with Gasteiger partial charge in [0.1, 0.15) is 0 Å².